The number of nitro groups is 2. The molecule has 0 fully saturated rings. The van der Waals surface area contributed by atoms with Crippen LogP contribution in [0.2, 0.25) is 0 Å². The molecule has 6 heterocycles. The number of anilines is 1. The van der Waals surface area contributed by atoms with Gasteiger partial charge in [-0.2, -0.15) is 20.4 Å². The number of amidine groups is 4. The third kappa shape index (κ3) is 16.9. The van der Waals surface area contributed by atoms with Crippen LogP contribution in [0.3, 0.4) is 0 Å². The number of hydrogen-bond acceptors (Lipinski definition) is 20. The molecule has 0 radical (unpaired) electrons. The lowest BCUT2D eigenvalue weighted by Crippen LogP contribution is -2.38. The van der Waals surface area contributed by atoms with Crippen LogP contribution in [0.4, 0.5) is 17.1 Å². The Hall–Kier alpha value is -9.77. The fourth-order valence-corrected chi connectivity index (χ4v) is 6.63. The van der Waals surface area contributed by atoms with E-state index in [1.165, 1.54) is 79.3 Å². The summed E-state index contributed by atoms with van der Waals surface area (Å²) in [5, 5.41) is 37.8. The van der Waals surface area contributed by atoms with E-state index in [9.17, 15) is 29.8 Å². The third-order valence-electron chi connectivity index (χ3n) is 10.3. The van der Waals surface area contributed by atoms with E-state index in [4.69, 9.17) is 21.1 Å². The molecule has 23 nitrogen and oxygen atoms in total. The Balaban J connectivity index is 0.000000204. The zero-order valence-electron chi connectivity index (χ0n) is 40.5. The van der Waals surface area contributed by atoms with Gasteiger partial charge in [0.25, 0.3) is 17.3 Å². The molecule has 384 valence electrons. The summed E-state index contributed by atoms with van der Waals surface area (Å²) in [6.07, 6.45) is 17.7. The second kappa shape index (κ2) is 28.9. The maximum absolute atomic E-state index is 13.2. The molecule has 2 aliphatic rings. The topological polar surface area (TPSA) is 291 Å². The van der Waals surface area contributed by atoms with E-state index < -0.39 is 15.1 Å². The lowest BCUT2D eigenvalue weighted by Gasteiger charge is -2.24. The Labute approximate surface area is 435 Å². The van der Waals surface area contributed by atoms with Crippen molar-refractivity contribution < 1.29 is 28.9 Å². The van der Waals surface area contributed by atoms with Gasteiger partial charge in [-0.3, -0.25) is 71.5 Å². The number of rotatable bonds is 20. The molecule has 0 saturated carbocycles. The van der Waals surface area contributed by atoms with Gasteiger partial charge in [0, 0.05) is 67.7 Å². The van der Waals surface area contributed by atoms with Crippen LogP contribution in [0.5, 0.6) is 11.5 Å². The standard InChI is InChI=1S/C25H24N8O4.C17H20N6.C9H6ClNO4/c1-2-3-16-32(22(34)13-17-37-19-11-9-18(10-12-19)33(35)36)21-8-6-15-27-23(21)25-30-28-24(29-31-25)20-7-4-5-14-26-20;1-2-3-4-8-13-9-7-12-19-15(13)17-22-20-16(21-23-17)14-10-5-6-11-18-14;10-9(12)5-6-15-8-3-1-7(2-4-8)11(13)14/h4-15,17H,2-3,16H2,1H3,(H,28,29)(H,30,31);5-7,9-12H,2-4,8H2,1H3,(H,20,21)(H,22,23);1-6H/b17-13+;;6-5+. The normalized spacial score (nSPS) is 12.5. The maximum atomic E-state index is 13.2. The quantitative estimate of drug-likeness (QED) is 0.0141. The molecular weight excluding hydrogens is 986 g/mol. The predicted molar refractivity (Wildman–Crippen MR) is 283 cm³/mol. The van der Waals surface area contributed by atoms with Crippen LogP contribution < -0.4 is 36.1 Å². The number of carbonyl (C=O) groups is 2. The SMILES string of the molecule is CCCCCc1cccnc1C1=NNC(c2ccccn2)=NN1.CCCCN(C(=O)/C=C/Oc1ccc([N+](=O)[O-])cc1)c1cccnc1C1=NNC(c2ccccn2)=NN1.O=C(Cl)/C=C/Oc1ccc([N+](=O)[O-])cc1. The molecule has 0 aliphatic carbocycles. The van der Waals surface area contributed by atoms with Gasteiger partial charge in [-0.15, -0.1) is 0 Å². The van der Waals surface area contributed by atoms with E-state index in [-0.39, 0.29) is 17.3 Å². The third-order valence-corrected chi connectivity index (χ3v) is 10.4. The van der Waals surface area contributed by atoms with Gasteiger partial charge in [0.1, 0.15) is 34.3 Å². The van der Waals surface area contributed by atoms with Gasteiger partial charge in [0.05, 0.1) is 28.1 Å². The molecule has 8 rings (SSSR count). The minimum absolute atomic E-state index is 0.0280. The van der Waals surface area contributed by atoms with E-state index in [1.54, 1.807) is 47.9 Å². The van der Waals surface area contributed by atoms with Crippen LogP contribution in [0.15, 0.2) is 179 Å². The van der Waals surface area contributed by atoms with Crippen molar-refractivity contribution in [3.63, 3.8) is 0 Å². The smallest absolute Gasteiger partial charge is 0.269 e. The van der Waals surface area contributed by atoms with Crippen molar-refractivity contribution in [2.24, 2.45) is 20.4 Å². The summed E-state index contributed by atoms with van der Waals surface area (Å²) in [5.41, 5.74) is 16.0. The second-order valence-corrected chi connectivity index (χ2v) is 15.9. The number of ether oxygens (including phenoxy) is 2. The molecule has 0 unspecified atom stereocenters. The van der Waals surface area contributed by atoms with Gasteiger partial charge in [-0.25, -0.2) is 0 Å². The van der Waals surface area contributed by atoms with Crippen LogP contribution in [0.25, 0.3) is 0 Å². The average molecular weight is 1040 g/mol. The van der Waals surface area contributed by atoms with Gasteiger partial charge < -0.3 is 14.4 Å². The van der Waals surface area contributed by atoms with E-state index in [0.717, 1.165) is 49.4 Å². The number of nitro benzene ring substituents is 2. The van der Waals surface area contributed by atoms with Crippen molar-refractivity contribution in [2.75, 3.05) is 11.4 Å². The summed E-state index contributed by atoms with van der Waals surface area (Å²) in [7, 11) is 0. The van der Waals surface area contributed by atoms with Crippen LogP contribution in [0.1, 0.15) is 74.3 Å². The number of non-ortho nitro benzene ring substituents is 2. The number of aromatic nitrogens is 4. The number of hydrazone groups is 4. The monoisotopic (exact) mass is 1040 g/mol. The molecule has 2 aromatic carbocycles. The van der Waals surface area contributed by atoms with Gasteiger partial charge in [0.2, 0.25) is 5.24 Å². The van der Waals surface area contributed by atoms with Gasteiger partial charge in [-0.05, 0) is 103 Å². The van der Waals surface area contributed by atoms with Crippen molar-refractivity contribution in [1.82, 2.24) is 41.6 Å². The van der Waals surface area contributed by atoms with Crippen molar-refractivity contribution in [1.29, 1.82) is 0 Å². The molecule has 1 amide bonds. The highest BCUT2D eigenvalue weighted by Crippen LogP contribution is 2.22. The van der Waals surface area contributed by atoms with Crippen molar-refractivity contribution >= 4 is 63.2 Å². The number of halogens is 1. The fraction of sp³-hybridized carbons (Fsp3) is 0.176. The first-order valence-corrected chi connectivity index (χ1v) is 23.7. The number of amides is 1. The number of unbranched alkanes of at least 4 members (excludes halogenated alkanes) is 3. The highest BCUT2D eigenvalue weighted by molar-refractivity contribution is 6.66. The zero-order valence-corrected chi connectivity index (χ0v) is 41.3. The minimum Gasteiger partial charge on any atom is -0.465 e. The molecule has 0 saturated heterocycles. The molecule has 6 aromatic rings. The average Bonchev–Trinajstić information content (AvgIpc) is 3.44. The molecule has 4 N–H and O–H groups in total. The number of nitrogens with one attached hydrogen (secondary N) is 4. The number of hydrogen-bond donors (Lipinski definition) is 4. The summed E-state index contributed by atoms with van der Waals surface area (Å²) in [5.74, 6) is 2.45. The highest BCUT2D eigenvalue weighted by Gasteiger charge is 2.23. The van der Waals surface area contributed by atoms with E-state index >= 15 is 0 Å². The summed E-state index contributed by atoms with van der Waals surface area (Å²) in [6.45, 7) is 4.68. The Morgan fingerprint density at radius 1 is 0.573 bits per heavy atom. The van der Waals surface area contributed by atoms with Crippen LogP contribution in [-0.4, -0.2) is 70.8 Å². The first-order chi connectivity index (χ1) is 36.5. The number of aryl methyl sites for hydroxylation is 1. The van der Waals surface area contributed by atoms with Crippen molar-refractivity contribution in [2.45, 2.75) is 52.4 Å². The summed E-state index contributed by atoms with van der Waals surface area (Å²) in [6, 6.07) is 29.7. The van der Waals surface area contributed by atoms with Crippen molar-refractivity contribution in [3.05, 3.63) is 207 Å². The minimum atomic E-state index is -0.656. The maximum Gasteiger partial charge on any atom is 0.269 e. The summed E-state index contributed by atoms with van der Waals surface area (Å²) < 4.78 is 10.4. The Bertz CT molecular complexity index is 3070. The fourth-order valence-electron chi connectivity index (χ4n) is 6.58. The first-order valence-electron chi connectivity index (χ1n) is 23.3. The first kappa shape index (κ1) is 54.6. The summed E-state index contributed by atoms with van der Waals surface area (Å²) >= 11 is 5.02. The highest BCUT2D eigenvalue weighted by atomic mass is 35.5. The van der Waals surface area contributed by atoms with E-state index in [1.807, 2.05) is 43.3 Å². The molecule has 4 aromatic heterocycles. The number of pyridine rings is 4. The van der Waals surface area contributed by atoms with Crippen LogP contribution >= 0.6 is 11.6 Å². The lowest BCUT2D eigenvalue weighted by atomic mass is 10.1. The Kier molecular flexibility index (Phi) is 21.0. The number of nitrogens with zero attached hydrogens (tertiary/aromatic N) is 11. The van der Waals surface area contributed by atoms with E-state index in [0.29, 0.717) is 58.5 Å². The number of carbonyl (C=O) groups excluding carboxylic acids is 2. The van der Waals surface area contributed by atoms with Crippen LogP contribution in [-0.2, 0) is 16.0 Å². The molecule has 0 bridgehead atoms. The number of allylic oxidation sites excluding steroid dienone is 1. The van der Waals surface area contributed by atoms with Gasteiger partial charge in [0.15, 0.2) is 23.3 Å². The van der Waals surface area contributed by atoms with Crippen molar-refractivity contribution in [3.8, 4) is 11.5 Å². The van der Waals surface area contributed by atoms with Gasteiger partial charge in [-0.1, -0.05) is 51.3 Å². The zero-order chi connectivity index (χ0) is 53.2. The molecule has 2 aliphatic heterocycles. The van der Waals surface area contributed by atoms with Crippen LogP contribution in [0, 0.1) is 20.2 Å². The Morgan fingerprint density at radius 3 is 1.53 bits per heavy atom. The molecule has 75 heavy (non-hydrogen) atoms. The predicted octanol–water partition coefficient (Wildman–Crippen LogP) is 8.01. The number of benzene rings is 2. The Morgan fingerprint density at radius 2 is 1.05 bits per heavy atom. The molecule has 0 atom stereocenters. The second-order valence-electron chi connectivity index (χ2n) is 15.5. The largest absolute Gasteiger partial charge is 0.465 e. The molecular formula is C51H50ClN15O8. The lowest BCUT2D eigenvalue weighted by molar-refractivity contribution is -0.385. The van der Waals surface area contributed by atoms with E-state index in [2.05, 4.69) is 75.0 Å². The molecule has 24 heteroatoms. The van der Waals surface area contributed by atoms with Gasteiger partial charge >= 0.3 is 0 Å². The molecule has 0 spiro atoms. The summed E-state index contributed by atoms with van der Waals surface area (Å²) in [4.78, 5) is 62.6.